The number of carbonyl (C=O) groups excluding carboxylic acids is 1. The molecule has 0 radical (unpaired) electrons. The number of para-hydroxylation sites is 1. The Bertz CT molecular complexity index is 533. The Morgan fingerprint density at radius 2 is 2.11 bits per heavy atom. The van der Waals surface area contributed by atoms with E-state index in [-0.39, 0.29) is 11.8 Å². The average Bonchev–Trinajstić information content (AvgIpc) is 2.88. The smallest absolute Gasteiger partial charge is 0.182 e. The molecule has 5 nitrogen and oxygen atoms in total. The molecule has 0 aliphatic heterocycles. The van der Waals surface area contributed by atoms with Gasteiger partial charge in [0.05, 0.1) is 11.9 Å². The Hall–Kier alpha value is -2.01. The third-order valence-electron chi connectivity index (χ3n) is 2.90. The van der Waals surface area contributed by atoms with Crippen LogP contribution >= 0.6 is 0 Å². The van der Waals surface area contributed by atoms with E-state index in [4.69, 9.17) is 5.73 Å². The third-order valence-corrected chi connectivity index (χ3v) is 2.90. The molecule has 0 fully saturated rings. The first-order valence-corrected chi connectivity index (χ1v) is 6.43. The van der Waals surface area contributed by atoms with Gasteiger partial charge in [0.2, 0.25) is 0 Å². The summed E-state index contributed by atoms with van der Waals surface area (Å²) in [6, 6.07) is 9.65. The number of nitrogens with zero attached hydrogens (tertiary/aromatic N) is 3. The van der Waals surface area contributed by atoms with Crippen LogP contribution in [0.25, 0.3) is 5.69 Å². The van der Waals surface area contributed by atoms with Crippen molar-refractivity contribution in [3.05, 3.63) is 42.2 Å². The van der Waals surface area contributed by atoms with Gasteiger partial charge in [-0.25, -0.2) is 4.68 Å². The quantitative estimate of drug-likeness (QED) is 0.804. The maximum Gasteiger partial charge on any atom is 0.182 e. The summed E-state index contributed by atoms with van der Waals surface area (Å²) >= 11 is 0. The lowest BCUT2D eigenvalue weighted by molar-refractivity contribution is 0.0971. The number of Topliss-reactive ketones (excluding diaryl/α,β-unsaturated/α-hetero) is 1. The highest BCUT2D eigenvalue weighted by Gasteiger charge is 2.14. The molecule has 1 atom stereocenters. The van der Waals surface area contributed by atoms with E-state index in [1.54, 1.807) is 4.68 Å². The number of hydrogen-bond acceptors (Lipinski definition) is 4. The summed E-state index contributed by atoms with van der Waals surface area (Å²) < 4.78 is 1.58. The van der Waals surface area contributed by atoms with Gasteiger partial charge in [0, 0.05) is 12.5 Å². The predicted molar refractivity (Wildman–Crippen MR) is 73.2 cm³/mol. The lowest BCUT2D eigenvalue weighted by atomic mass is 10.1. The van der Waals surface area contributed by atoms with Gasteiger partial charge in [0.1, 0.15) is 5.69 Å². The topological polar surface area (TPSA) is 73.8 Å². The highest BCUT2D eigenvalue weighted by atomic mass is 16.1. The van der Waals surface area contributed by atoms with E-state index in [2.05, 4.69) is 10.3 Å². The van der Waals surface area contributed by atoms with Crippen LogP contribution in [0.1, 0.15) is 36.7 Å². The van der Waals surface area contributed by atoms with Gasteiger partial charge in [-0.2, -0.15) is 0 Å². The molecule has 1 aromatic carbocycles. The maximum atomic E-state index is 12.1. The Kier molecular flexibility index (Phi) is 4.41. The van der Waals surface area contributed by atoms with Crippen LogP contribution in [-0.2, 0) is 0 Å². The molecule has 19 heavy (non-hydrogen) atoms. The van der Waals surface area contributed by atoms with Gasteiger partial charge in [0.25, 0.3) is 0 Å². The third kappa shape index (κ3) is 3.48. The van der Waals surface area contributed by atoms with Gasteiger partial charge in [-0.3, -0.25) is 4.79 Å². The zero-order valence-electron chi connectivity index (χ0n) is 11.0. The van der Waals surface area contributed by atoms with Crippen molar-refractivity contribution in [3.8, 4) is 5.69 Å². The second-order valence-electron chi connectivity index (χ2n) is 4.66. The number of ketones is 1. The van der Waals surface area contributed by atoms with Crippen LogP contribution in [0.3, 0.4) is 0 Å². The molecule has 0 bridgehead atoms. The lowest BCUT2D eigenvalue weighted by Crippen LogP contribution is -2.15. The molecule has 1 aromatic heterocycles. The molecular weight excluding hydrogens is 240 g/mol. The van der Waals surface area contributed by atoms with E-state index >= 15 is 0 Å². The molecule has 0 aliphatic carbocycles. The summed E-state index contributed by atoms with van der Waals surface area (Å²) in [5.74, 6) is 0.0505. The first-order chi connectivity index (χ1) is 9.18. The highest BCUT2D eigenvalue weighted by Crippen LogP contribution is 2.12. The predicted octanol–water partition coefficient (Wildman–Crippen LogP) is 1.97. The fraction of sp³-hybridized carbons (Fsp3) is 0.357. The molecule has 5 heteroatoms. The van der Waals surface area contributed by atoms with Crippen molar-refractivity contribution < 1.29 is 4.79 Å². The Labute approximate surface area is 112 Å². The van der Waals surface area contributed by atoms with Crippen molar-refractivity contribution in [1.29, 1.82) is 0 Å². The summed E-state index contributed by atoms with van der Waals surface area (Å²) in [5, 5.41) is 7.80. The van der Waals surface area contributed by atoms with Gasteiger partial charge in [0.15, 0.2) is 5.78 Å². The molecule has 0 amide bonds. The van der Waals surface area contributed by atoms with Crippen molar-refractivity contribution in [2.24, 2.45) is 5.73 Å². The Morgan fingerprint density at radius 3 is 2.79 bits per heavy atom. The van der Waals surface area contributed by atoms with E-state index in [9.17, 15) is 4.79 Å². The summed E-state index contributed by atoms with van der Waals surface area (Å²) in [6.07, 6.45) is 3.62. The molecular formula is C14H18N4O. The second kappa shape index (κ2) is 6.24. The largest absolute Gasteiger partial charge is 0.328 e. The number of aromatic nitrogens is 3. The first kappa shape index (κ1) is 13.4. The second-order valence-corrected chi connectivity index (χ2v) is 4.66. The van der Waals surface area contributed by atoms with E-state index in [0.717, 1.165) is 18.5 Å². The number of rotatable bonds is 6. The van der Waals surface area contributed by atoms with Crippen LogP contribution in [0.5, 0.6) is 0 Å². The molecule has 1 heterocycles. The van der Waals surface area contributed by atoms with Crippen LogP contribution in [0.4, 0.5) is 0 Å². The minimum atomic E-state index is 0.0505. The zero-order valence-corrected chi connectivity index (χ0v) is 11.0. The molecule has 0 spiro atoms. The summed E-state index contributed by atoms with van der Waals surface area (Å²) in [7, 11) is 0. The van der Waals surface area contributed by atoms with Crippen LogP contribution in [0, 0.1) is 0 Å². The minimum absolute atomic E-state index is 0.0505. The zero-order chi connectivity index (χ0) is 13.7. The van der Waals surface area contributed by atoms with Gasteiger partial charge >= 0.3 is 0 Å². The maximum absolute atomic E-state index is 12.1. The SMILES string of the molecule is CC(N)CCCC(=O)c1cnnn1-c1ccccc1. The lowest BCUT2D eigenvalue weighted by Gasteiger charge is -2.06. The van der Waals surface area contributed by atoms with Crippen LogP contribution in [0.15, 0.2) is 36.5 Å². The number of benzene rings is 1. The fourth-order valence-corrected chi connectivity index (χ4v) is 1.90. The first-order valence-electron chi connectivity index (χ1n) is 6.43. The average molecular weight is 258 g/mol. The molecule has 2 rings (SSSR count). The van der Waals surface area contributed by atoms with Crippen molar-refractivity contribution in [2.75, 3.05) is 0 Å². The number of carbonyl (C=O) groups is 1. The standard InChI is InChI=1S/C14H18N4O/c1-11(15)6-5-9-14(19)13-10-16-17-18(13)12-7-3-2-4-8-12/h2-4,7-8,10-11H,5-6,9,15H2,1H3. The van der Waals surface area contributed by atoms with Gasteiger partial charge in [-0.1, -0.05) is 23.4 Å². The molecule has 2 aromatic rings. The van der Waals surface area contributed by atoms with E-state index in [0.29, 0.717) is 12.1 Å². The highest BCUT2D eigenvalue weighted by molar-refractivity contribution is 5.94. The minimum Gasteiger partial charge on any atom is -0.328 e. The monoisotopic (exact) mass is 258 g/mol. The van der Waals surface area contributed by atoms with E-state index in [1.165, 1.54) is 6.20 Å². The van der Waals surface area contributed by atoms with Crippen molar-refractivity contribution in [3.63, 3.8) is 0 Å². The summed E-state index contributed by atoms with van der Waals surface area (Å²) in [6.45, 7) is 1.94. The van der Waals surface area contributed by atoms with Crippen molar-refractivity contribution in [1.82, 2.24) is 15.0 Å². The summed E-state index contributed by atoms with van der Waals surface area (Å²) in [5.41, 5.74) is 7.04. The van der Waals surface area contributed by atoms with Gasteiger partial charge in [-0.05, 0) is 31.9 Å². The van der Waals surface area contributed by atoms with E-state index in [1.807, 2.05) is 37.3 Å². The van der Waals surface area contributed by atoms with Gasteiger partial charge in [-0.15, -0.1) is 5.10 Å². The Balaban J connectivity index is 2.09. The molecule has 0 saturated heterocycles. The summed E-state index contributed by atoms with van der Waals surface area (Å²) in [4.78, 5) is 12.1. The molecule has 2 N–H and O–H groups in total. The van der Waals surface area contributed by atoms with E-state index < -0.39 is 0 Å². The molecule has 0 saturated carbocycles. The van der Waals surface area contributed by atoms with Gasteiger partial charge < -0.3 is 5.73 Å². The molecule has 1 unspecified atom stereocenters. The van der Waals surface area contributed by atoms with Crippen LogP contribution < -0.4 is 5.73 Å². The molecule has 0 aliphatic rings. The normalized spacial score (nSPS) is 12.3. The van der Waals surface area contributed by atoms with Crippen molar-refractivity contribution >= 4 is 5.78 Å². The number of hydrogen-bond donors (Lipinski definition) is 1. The Morgan fingerprint density at radius 1 is 1.37 bits per heavy atom. The molecule has 100 valence electrons. The van der Waals surface area contributed by atoms with Crippen LogP contribution in [0.2, 0.25) is 0 Å². The van der Waals surface area contributed by atoms with Crippen molar-refractivity contribution in [2.45, 2.75) is 32.2 Å². The number of nitrogens with two attached hydrogens (primary N) is 1. The fourth-order valence-electron chi connectivity index (χ4n) is 1.90. The van der Waals surface area contributed by atoms with Crippen LogP contribution in [-0.4, -0.2) is 26.8 Å².